The van der Waals surface area contributed by atoms with Crippen LogP contribution < -0.4 is 5.32 Å². The first-order chi connectivity index (χ1) is 9.13. The number of nitrogens with one attached hydrogen (secondary N) is 1. The van der Waals surface area contributed by atoms with E-state index in [0.717, 1.165) is 21.3 Å². The number of carbonyl (C=O) groups excluding carboxylic acids is 1. The van der Waals surface area contributed by atoms with Gasteiger partial charge in [0, 0.05) is 21.6 Å². The summed E-state index contributed by atoms with van der Waals surface area (Å²) >= 11 is 9.30. The molecular formula is C15H13BrClNO. The molecule has 19 heavy (non-hydrogen) atoms. The van der Waals surface area contributed by atoms with Gasteiger partial charge >= 0.3 is 0 Å². The second-order valence-electron chi connectivity index (χ2n) is 4.16. The van der Waals surface area contributed by atoms with Gasteiger partial charge in [-0.25, -0.2) is 0 Å². The summed E-state index contributed by atoms with van der Waals surface area (Å²) in [6.45, 7) is 1.95. The summed E-state index contributed by atoms with van der Waals surface area (Å²) < 4.78 is 0.968. The third-order valence-corrected chi connectivity index (χ3v) is 4.07. The van der Waals surface area contributed by atoms with E-state index in [-0.39, 0.29) is 5.91 Å². The van der Waals surface area contributed by atoms with Crippen LogP contribution in [0.4, 0.5) is 5.69 Å². The lowest BCUT2D eigenvalue weighted by atomic mass is 10.1. The van der Waals surface area contributed by atoms with E-state index in [1.165, 1.54) is 0 Å². The Morgan fingerprint density at radius 2 is 1.95 bits per heavy atom. The van der Waals surface area contributed by atoms with Gasteiger partial charge in [0.2, 0.25) is 0 Å². The van der Waals surface area contributed by atoms with E-state index < -0.39 is 0 Å². The van der Waals surface area contributed by atoms with Crippen LogP contribution in [0.3, 0.4) is 0 Å². The molecular weight excluding hydrogens is 326 g/mol. The van der Waals surface area contributed by atoms with Gasteiger partial charge in [0.1, 0.15) is 0 Å². The number of hydrogen-bond donors (Lipinski definition) is 1. The molecule has 2 rings (SSSR count). The highest BCUT2D eigenvalue weighted by atomic mass is 79.9. The predicted octanol–water partition coefficient (Wildman–Crippen LogP) is 4.75. The van der Waals surface area contributed by atoms with Gasteiger partial charge in [0.25, 0.3) is 5.91 Å². The first-order valence-electron chi connectivity index (χ1n) is 5.84. The zero-order valence-corrected chi connectivity index (χ0v) is 12.8. The molecule has 4 heteroatoms. The van der Waals surface area contributed by atoms with Crippen LogP contribution in [0.15, 0.2) is 46.9 Å². The van der Waals surface area contributed by atoms with Gasteiger partial charge in [0.05, 0.1) is 0 Å². The van der Waals surface area contributed by atoms with Gasteiger partial charge in [-0.05, 0) is 36.2 Å². The van der Waals surface area contributed by atoms with Crippen LogP contribution in [0.2, 0.25) is 0 Å². The normalized spacial score (nSPS) is 10.3. The van der Waals surface area contributed by atoms with Crippen molar-refractivity contribution in [1.82, 2.24) is 0 Å². The minimum atomic E-state index is -0.141. The molecule has 0 aromatic heterocycles. The first-order valence-corrected chi connectivity index (χ1v) is 7.16. The van der Waals surface area contributed by atoms with Crippen molar-refractivity contribution in [2.75, 3.05) is 5.32 Å². The predicted molar refractivity (Wildman–Crippen MR) is 82.8 cm³/mol. The van der Waals surface area contributed by atoms with Gasteiger partial charge in [-0.15, -0.1) is 11.6 Å². The number of amides is 1. The van der Waals surface area contributed by atoms with E-state index in [4.69, 9.17) is 11.6 Å². The molecule has 0 saturated heterocycles. The van der Waals surface area contributed by atoms with Crippen LogP contribution >= 0.6 is 27.5 Å². The monoisotopic (exact) mass is 337 g/mol. The molecule has 0 atom stereocenters. The van der Waals surface area contributed by atoms with Crippen molar-refractivity contribution in [3.63, 3.8) is 0 Å². The van der Waals surface area contributed by atoms with Gasteiger partial charge in [-0.2, -0.15) is 0 Å². The minimum absolute atomic E-state index is 0.141. The van der Waals surface area contributed by atoms with Crippen LogP contribution in [-0.4, -0.2) is 5.91 Å². The molecule has 0 aliphatic rings. The lowest BCUT2D eigenvalue weighted by molar-refractivity contribution is 0.102. The highest BCUT2D eigenvalue weighted by Gasteiger charge is 2.12. The van der Waals surface area contributed by atoms with E-state index in [9.17, 15) is 4.79 Å². The smallest absolute Gasteiger partial charge is 0.255 e. The van der Waals surface area contributed by atoms with Gasteiger partial charge < -0.3 is 5.32 Å². The van der Waals surface area contributed by atoms with Crippen molar-refractivity contribution in [3.8, 4) is 0 Å². The van der Waals surface area contributed by atoms with E-state index in [2.05, 4.69) is 21.2 Å². The number of carbonyl (C=O) groups is 1. The number of halogens is 2. The second kappa shape index (κ2) is 6.22. The van der Waals surface area contributed by atoms with Crippen LogP contribution in [-0.2, 0) is 5.88 Å². The van der Waals surface area contributed by atoms with Crippen molar-refractivity contribution in [1.29, 1.82) is 0 Å². The molecule has 0 heterocycles. The number of hydrogen-bond acceptors (Lipinski definition) is 1. The van der Waals surface area contributed by atoms with Crippen LogP contribution in [0.25, 0.3) is 0 Å². The Bertz CT molecular complexity index is 613. The van der Waals surface area contributed by atoms with Crippen LogP contribution in [0, 0.1) is 6.92 Å². The maximum atomic E-state index is 12.3. The largest absolute Gasteiger partial charge is 0.322 e. The lowest BCUT2D eigenvalue weighted by Crippen LogP contribution is -2.14. The van der Waals surface area contributed by atoms with E-state index in [0.29, 0.717) is 11.4 Å². The zero-order chi connectivity index (χ0) is 13.8. The maximum Gasteiger partial charge on any atom is 0.255 e. The van der Waals surface area contributed by atoms with Crippen molar-refractivity contribution in [3.05, 3.63) is 63.6 Å². The van der Waals surface area contributed by atoms with Crippen LogP contribution in [0.5, 0.6) is 0 Å². The van der Waals surface area contributed by atoms with Crippen molar-refractivity contribution in [2.45, 2.75) is 12.8 Å². The van der Waals surface area contributed by atoms with Crippen LogP contribution in [0.1, 0.15) is 21.5 Å². The highest BCUT2D eigenvalue weighted by molar-refractivity contribution is 9.10. The standard InChI is InChI=1S/C15H13BrClNO/c1-10-13(16)7-4-8-14(10)18-15(19)12-6-3-2-5-11(12)9-17/h2-8H,9H2,1H3,(H,18,19). The fraction of sp³-hybridized carbons (Fsp3) is 0.133. The van der Waals surface area contributed by atoms with Crippen molar-refractivity contribution in [2.24, 2.45) is 0 Å². The van der Waals surface area contributed by atoms with E-state index in [1.807, 2.05) is 43.3 Å². The highest BCUT2D eigenvalue weighted by Crippen LogP contribution is 2.24. The summed E-state index contributed by atoms with van der Waals surface area (Å²) in [6, 6.07) is 13.0. The fourth-order valence-electron chi connectivity index (χ4n) is 1.79. The summed E-state index contributed by atoms with van der Waals surface area (Å²) in [5.74, 6) is 0.179. The molecule has 0 fully saturated rings. The van der Waals surface area contributed by atoms with Gasteiger partial charge in [-0.3, -0.25) is 4.79 Å². The number of benzene rings is 2. The Labute approximate surface area is 125 Å². The van der Waals surface area contributed by atoms with Crippen molar-refractivity contribution < 1.29 is 4.79 Å². The number of anilines is 1. The minimum Gasteiger partial charge on any atom is -0.322 e. The molecule has 0 spiro atoms. The Morgan fingerprint density at radius 3 is 2.68 bits per heavy atom. The Hall–Kier alpha value is -1.32. The number of alkyl halides is 1. The lowest BCUT2D eigenvalue weighted by Gasteiger charge is -2.11. The summed E-state index contributed by atoms with van der Waals surface area (Å²) in [6.07, 6.45) is 0. The summed E-state index contributed by atoms with van der Waals surface area (Å²) in [5.41, 5.74) is 3.23. The third kappa shape index (κ3) is 3.17. The average molecular weight is 339 g/mol. The molecule has 1 N–H and O–H groups in total. The molecule has 0 aliphatic heterocycles. The SMILES string of the molecule is Cc1c(Br)cccc1NC(=O)c1ccccc1CCl. The number of rotatable bonds is 3. The maximum absolute atomic E-state index is 12.3. The molecule has 2 nitrogen and oxygen atoms in total. The molecule has 0 saturated carbocycles. The van der Waals surface area contributed by atoms with Gasteiger partial charge in [-0.1, -0.05) is 40.2 Å². The molecule has 98 valence electrons. The quantitative estimate of drug-likeness (QED) is 0.804. The molecule has 0 unspecified atom stereocenters. The Balaban J connectivity index is 2.28. The molecule has 0 aliphatic carbocycles. The summed E-state index contributed by atoms with van der Waals surface area (Å²) in [5, 5.41) is 2.91. The fourth-order valence-corrected chi connectivity index (χ4v) is 2.39. The van der Waals surface area contributed by atoms with E-state index in [1.54, 1.807) is 6.07 Å². The Kier molecular flexibility index (Phi) is 4.61. The molecule has 1 amide bonds. The average Bonchev–Trinajstić information content (AvgIpc) is 2.43. The molecule has 2 aromatic carbocycles. The summed E-state index contributed by atoms with van der Waals surface area (Å²) in [4.78, 5) is 12.3. The van der Waals surface area contributed by atoms with Crippen molar-refractivity contribution >= 4 is 39.1 Å². The topological polar surface area (TPSA) is 29.1 Å². The third-order valence-electron chi connectivity index (χ3n) is 2.92. The summed E-state index contributed by atoms with van der Waals surface area (Å²) in [7, 11) is 0. The first kappa shape index (κ1) is 14.1. The van der Waals surface area contributed by atoms with Gasteiger partial charge in [0.15, 0.2) is 0 Å². The van der Waals surface area contributed by atoms with E-state index >= 15 is 0 Å². The molecule has 0 radical (unpaired) electrons. The molecule has 2 aromatic rings. The Morgan fingerprint density at radius 1 is 1.21 bits per heavy atom. The second-order valence-corrected chi connectivity index (χ2v) is 5.28. The molecule has 0 bridgehead atoms. The zero-order valence-electron chi connectivity index (χ0n) is 10.4.